The molecule has 7 heteroatoms. The lowest BCUT2D eigenvalue weighted by molar-refractivity contribution is 0.0953. The van der Waals surface area contributed by atoms with Gasteiger partial charge in [0.1, 0.15) is 10.7 Å². The van der Waals surface area contributed by atoms with Gasteiger partial charge in [-0.05, 0) is 30.3 Å². The summed E-state index contributed by atoms with van der Waals surface area (Å²) >= 11 is 3.32. The second-order valence-corrected chi connectivity index (χ2v) is 7.20. The summed E-state index contributed by atoms with van der Waals surface area (Å²) in [6.45, 7) is 3.76. The molecule has 1 aliphatic rings. The largest absolute Gasteiger partial charge is 0.382 e. The summed E-state index contributed by atoms with van der Waals surface area (Å²) in [6, 6.07) is 0. The summed E-state index contributed by atoms with van der Waals surface area (Å²) in [5.41, 5.74) is 5.87. The van der Waals surface area contributed by atoms with Crippen LogP contribution in [0.15, 0.2) is 0 Å². The monoisotopic (exact) mass is 314 g/mol. The molecule has 1 unspecified atom stereocenters. The first kappa shape index (κ1) is 15.4. The Bertz CT molecular complexity index is 457. The van der Waals surface area contributed by atoms with E-state index in [0.29, 0.717) is 16.6 Å². The van der Waals surface area contributed by atoms with Crippen molar-refractivity contribution in [3.8, 4) is 0 Å². The Labute approximate surface area is 128 Å². The van der Waals surface area contributed by atoms with Gasteiger partial charge < -0.3 is 16.0 Å². The van der Waals surface area contributed by atoms with Crippen molar-refractivity contribution in [2.75, 3.05) is 42.3 Å². The number of rotatable bonds is 6. The smallest absolute Gasteiger partial charge is 0.265 e. The molecule has 0 aromatic carbocycles. The van der Waals surface area contributed by atoms with Crippen molar-refractivity contribution < 1.29 is 4.79 Å². The molecule has 2 rings (SSSR count). The minimum atomic E-state index is -0.0898. The van der Waals surface area contributed by atoms with Crippen LogP contribution in [0.2, 0.25) is 0 Å². The number of carbonyl (C=O) groups is 1. The maximum atomic E-state index is 12.2. The number of nitrogens with two attached hydrogens (primary N) is 1. The van der Waals surface area contributed by atoms with E-state index in [1.54, 1.807) is 0 Å². The van der Waals surface area contributed by atoms with Crippen LogP contribution in [0.1, 0.15) is 29.4 Å². The molecule has 0 saturated carbocycles. The van der Waals surface area contributed by atoms with Gasteiger partial charge in [0.25, 0.3) is 5.91 Å². The second kappa shape index (κ2) is 7.17. The van der Waals surface area contributed by atoms with Gasteiger partial charge in [-0.1, -0.05) is 18.3 Å². The average molecular weight is 314 g/mol. The number of anilines is 2. The summed E-state index contributed by atoms with van der Waals surface area (Å²) in [6.07, 6.45) is 2.23. The summed E-state index contributed by atoms with van der Waals surface area (Å²) < 4.78 is 0. The van der Waals surface area contributed by atoms with Gasteiger partial charge in [0.05, 0.1) is 0 Å². The number of aromatic nitrogens is 1. The van der Waals surface area contributed by atoms with Crippen molar-refractivity contribution in [1.82, 2.24) is 10.3 Å². The molecule has 0 radical (unpaired) electrons. The molecular formula is C13H22N4OS2. The first-order chi connectivity index (χ1) is 9.61. The van der Waals surface area contributed by atoms with Crippen molar-refractivity contribution in [3.05, 3.63) is 4.88 Å². The van der Waals surface area contributed by atoms with Gasteiger partial charge in [-0.15, -0.1) is 0 Å². The molecule has 1 fully saturated rings. The van der Waals surface area contributed by atoms with Gasteiger partial charge >= 0.3 is 0 Å². The van der Waals surface area contributed by atoms with Crippen LogP contribution < -0.4 is 16.0 Å². The van der Waals surface area contributed by atoms with Crippen LogP contribution >= 0.6 is 23.1 Å². The van der Waals surface area contributed by atoms with Crippen molar-refractivity contribution in [2.45, 2.75) is 19.8 Å². The Hall–Kier alpha value is -0.950. The number of hydrogen-bond acceptors (Lipinski definition) is 6. The second-order valence-electron chi connectivity index (χ2n) is 5.07. The van der Waals surface area contributed by atoms with Gasteiger partial charge in [0.2, 0.25) is 0 Å². The minimum absolute atomic E-state index is 0.0898. The van der Waals surface area contributed by atoms with Crippen molar-refractivity contribution >= 4 is 40.0 Å². The Morgan fingerprint density at radius 2 is 2.40 bits per heavy atom. The number of amides is 1. The number of nitrogens with one attached hydrogen (secondary N) is 1. The molecule has 0 spiro atoms. The van der Waals surface area contributed by atoms with Crippen LogP contribution in [-0.4, -0.2) is 42.5 Å². The van der Waals surface area contributed by atoms with E-state index in [9.17, 15) is 4.79 Å². The molecule has 0 aliphatic carbocycles. The number of carbonyl (C=O) groups excluding carboxylic acids is 1. The summed E-state index contributed by atoms with van der Waals surface area (Å²) in [5.74, 6) is 3.19. The van der Waals surface area contributed by atoms with Crippen LogP contribution in [-0.2, 0) is 0 Å². The number of thioether (sulfide) groups is 1. The fraction of sp³-hybridized carbons (Fsp3) is 0.692. The fourth-order valence-corrected chi connectivity index (χ4v) is 4.31. The van der Waals surface area contributed by atoms with Crippen molar-refractivity contribution in [1.29, 1.82) is 0 Å². The number of thiazole rings is 1. The van der Waals surface area contributed by atoms with E-state index in [4.69, 9.17) is 5.73 Å². The highest BCUT2D eigenvalue weighted by molar-refractivity contribution is 7.99. The first-order valence-electron chi connectivity index (χ1n) is 6.95. The Morgan fingerprint density at radius 3 is 3.05 bits per heavy atom. The van der Waals surface area contributed by atoms with E-state index >= 15 is 0 Å². The molecule has 0 bridgehead atoms. The Balaban J connectivity index is 1.94. The average Bonchev–Trinajstić information content (AvgIpc) is 3.05. The van der Waals surface area contributed by atoms with E-state index < -0.39 is 0 Å². The third-order valence-corrected chi connectivity index (χ3v) is 5.72. The fourth-order valence-electron chi connectivity index (χ4n) is 2.14. The SMILES string of the molecule is CCCN(C)c1nc(N)c(C(=O)NCC2CCSC2)s1. The van der Waals surface area contributed by atoms with E-state index in [1.165, 1.54) is 23.5 Å². The summed E-state index contributed by atoms with van der Waals surface area (Å²) in [4.78, 5) is 19.0. The normalized spacial score (nSPS) is 18.2. The van der Waals surface area contributed by atoms with Gasteiger partial charge in [0, 0.05) is 20.1 Å². The highest BCUT2D eigenvalue weighted by Gasteiger charge is 2.20. The molecule has 1 amide bonds. The first-order valence-corrected chi connectivity index (χ1v) is 8.92. The Morgan fingerprint density at radius 1 is 1.60 bits per heavy atom. The zero-order valence-electron chi connectivity index (χ0n) is 12.0. The zero-order valence-corrected chi connectivity index (χ0v) is 13.6. The molecule has 2 heterocycles. The number of nitrogen functional groups attached to an aromatic ring is 1. The van der Waals surface area contributed by atoms with Crippen LogP contribution in [0, 0.1) is 5.92 Å². The Kier molecular flexibility index (Phi) is 5.54. The van der Waals surface area contributed by atoms with Gasteiger partial charge in [-0.2, -0.15) is 11.8 Å². The molecule has 1 saturated heterocycles. The predicted molar refractivity (Wildman–Crippen MR) is 87.9 cm³/mol. The standard InChI is InChI=1S/C13H22N4OS2/c1-3-5-17(2)13-16-11(14)10(20-13)12(18)15-7-9-4-6-19-8-9/h9H,3-8,14H2,1-2H3,(H,15,18). The van der Waals surface area contributed by atoms with Crippen LogP contribution in [0.3, 0.4) is 0 Å². The molecule has 1 aliphatic heterocycles. The van der Waals surface area contributed by atoms with Crippen molar-refractivity contribution in [3.63, 3.8) is 0 Å². The van der Waals surface area contributed by atoms with Gasteiger partial charge in [-0.3, -0.25) is 4.79 Å². The zero-order chi connectivity index (χ0) is 14.5. The third-order valence-electron chi connectivity index (χ3n) is 3.31. The van der Waals surface area contributed by atoms with Gasteiger partial charge in [-0.25, -0.2) is 4.98 Å². The maximum Gasteiger partial charge on any atom is 0.265 e. The van der Waals surface area contributed by atoms with E-state index in [1.807, 2.05) is 23.7 Å². The third kappa shape index (κ3) is 3.79. The number of nitrogens with zero attached hydrogens (tertiary/aromatic N) is 2. The molecule has 20 heavy (non-hydrogen) atoms. The lowest BCUT2D eigenvalue weighted by atomic mass is 10.1. The molecular weight excluding hydrogens is 292 g/mol. The van der Waals surface area contributed by atoms with Crippen LogP contribution in [0.4, 0.5) is 10.9 Å². The molecule has 1 atom stereocenters. The minimum Gasteiger partial charge on any atom is -0.382 e. The molecule has 3 N–H and O–H groups in total. The van der Waals surface area contributed by atoms with Gasteiger partial charge in [0.15, 0.2) is 5.13 Å². The lowest BCUT2D eigenvalue weighted by Crippen LogP contribution is -2.29. The molecule has 5 nitrogen and oxygen atoms in total. The van der Waals surface area contributed by atoms with Crippen molar-refractivity contribution in [2.24, 2.45) is 5.92 Å². The van der Waals surface area contributed by atoms with E-state index in [0.717, 1.165) is 30.4 Å². The molecule has 112 valence electrons. The highest BCUT2D eigenvalue weighted by Crippen LogP contribution is 2.28. The summed E-state index contributed by atoms with van der Waals surface area (Å²) in [7, 11) is 1.97. The summed E-state index contributed by atoms with van der Waals surface area (Å²) in [5, 5.41) is 3.80. The molecule has 1 aromatic heterocycles. The quantitative estimate of drug-likeness (QED) is 0.841. The maximum absolute atomic E-state index is 12.2. The molecule has 1 aromatic rings. The number of hydrogen-bond donors (Lipinski definition) is 2. The highest BCUT2D eigenvalue weighted by atomic mass is 32.2. The predicted octanol–water partition coefficient (Wildman–Crippen LogP) is 2.05. The van der Waals surface area contributed by atoms with Crippen LogP contribution in [0.5, 0.6) is 0 Å². The topological polar surface area (TPSA) is 71.2 Å². The van der Waals surface area contributed by atoms with E-state index in [-0.39, 0.29) is 5.91 Å². The lowest BCUT2D eigenvalue weighted by Gasteiger charge is -2.13. The van der Waals surface area contributed by atoms with Crippen LogP contribution in [0.25, 0.3) is 0 Å². The van der Waals surface area contributed by atoms with E-state index in [2.05, 4.69) is 17.2 Å².